The quantitative estimate of drug-likeness (QED) is 0.810. The van der Waals surface area contributed by atoms with Crippen molar-refractivity contribution in [2.75, 3.05) is 6.67 Å². The fourth-order valence-electron chi connectivity index (χ4n) is 1.93. The van der Waals surface area contributed by atoms with E-state index in [0.29, 0.717) is 18.7 Å². The van der Waals surface area contributed by atoms with Crippen molar-refractivity contribution in [1.82, 2.24) is 15.1 Å². The molecule has 1 heterocycles. The van der Waals surface area contributed by atoms with Crippen molar-refractivity contribution >= 4 is 5.97 Å². The number of aromatic carboxylic acids is 1. The minimum atomic E-state index is -0.932. The summed E-state index contributed by atoms with van der Waals surface area (Å²) in [7, 11) is 0. The third-order valence-corrected chi connectivity index (χ3v) is 2.89. The van der Waals surface area contributed by atoms with Crippen LogP contribution in [0.25, 0.3) is 0 Å². The molecule has 0 atom stereocenters. The monoisotopic (exact) mass is 277 g/mol. The summed E-state index contributed by atoms with van der Waals surface area (Å²) in [6.07, 6.45) is 3.45. The van der Waals surface area contributed by atoms with Crippen molar-refractivity contribution in [3.05, 3.63) is 53.3 Å². The van der Waals surface area contributed by atoms with Crippen LogP contribution in [0.2, 0.25) is 0 Å². The molecule has 6 heteroatoms. The average Bonchev–Trinajstić information content (AvgIpc) is 2.87. The summed E-state index contributed by atoms with van der Waals surface area (Å²) >= 11 is 0. The van der Waals surface area contributed by atoms with Crippen LogP contribution in [-0.4, -0.2) is 27.5 Å². The molecule has 0 spiro atoms. The zero-order valence-electron chi connectivity index (χ0n) is 10.9. The van der Waals surface area contributed by atoms with E-state index in [-0.39, 0.29) is 6.54 Å². The number of carbonyl (C=O) groups is 1. The predicted octanol–water partition coefficient (Wildman–Crippen LogP) is 1.84. The van der Waals surface area contributed by atoms with Crippen LogP contribution in [0.3, 0.4) is 0 Å². The maximum absolute atomic E-state index is 12.1. The minimum absolute atomic E-state index is 0.252. The van der Waals surface area contributed by atoms with Gasteiger partial charge in [-0.3, -0.25) is 4.68 Å². The van der Waals surface area contributed by atoms with Crippen molar-refractivity contribution in [3.63, 3.8) is 0 Å². The molecule has 0 aliphatic rings. The number of carboxylic acids is 1. The van der Waals surface area contributed by atoms with Gasteiger partial charge in [0, 0.05) is 24.8 Å². The molecule has 0 aliphatic heterocycles. The summed E-state index contributed by atoms with van der Waals surface area (Å²) in [5.41, 5.74) is 1.97. The normalized spacial score (nSPS) is 10.7. The number of rotatable bonds is 7. The van der Waals surface area contributed by atoms with Crippen LogP contribution in [-0.2, 0) is 19.6 Å². The maximum atomic E-state index is 12.1. The Morgan fingerprint density at radius 2 is 2.15 bits per heavy atom. The number of alkyl halides is 1. The number of aryl methyl sites for hydroxylation is 1. The number of benzene rings is 1. The first kappa shape index (κ1) is 14.2. The molecule has 1 aromatic heterocycles. The highest BCUT2D eigenvalue weighted by Crippen LogP contribution is 2.08. The number of aromatic nitrogens is 2. The van der Waals surface area contributed by atoms with Gasteiger partial charge in [-0.2, -0.15) is 5.10 Å². The van der Waals surface area contributed by atoms with E-state index >= 15 is 0 Å². The average molecular weight is 277 g/mol. The Morgan fingerprint density at radius 3 is 2.90 bits per heavy atom. The fraction of sp³-hybridized carbons (Fsp3) is 0.286. The van der Waals surface area contributed by atoms with E-state index in [2.05, 4.69) is 10.4 Å². The van der Waals surface area contributed by atoms with Gasteiger partial charge in [-0.05, 0) is 11.6 Å². The SMILES string of the molecule is O=C(O)c1ccccc1CNCc1cnn(CCF)c1. The lowest BCUT2D eigenvalue weighted by molar-refractivity contribution is 0.0695. The second-order valence-electron chi connectivity index (χ2n) is 4.37. The van der Waals surface area contributed by atoms with Gasteiger partial charge in [-0.25, -0.2) is 9.18 Å². The largest absolute Gasteiger partial charge is 0.478 e. The Morgan fingerprint density at radius 1 is 1.35 bits per heavy atom. The van der Waals surface area contributed by atoms with E-state index in [4.69, 9.17) is 5.11 Å². The van der Waals surface area contributed by atoms with Crippen molar-refractivity contribution in [2.45, 2.75) is 19.6 Å². The molecular weight excluding hydrogens is 261 g/mol. The Bertz CT molecular complexity index is 583. The van der Waals surface area contributed by atoms with Crippen LogP contribution in [0.5, 0.6) is 0 Å². The van der Waals surface area contributed by atoms with Gasteiger partial charge in [0.25, 0.3) is 0 Å². The van der Waals surface area contributed by atoms with Crippen LogP contribution in [0.4, 0.5) is 4.39 Å². The van der Waals surface area contributed by atoms with E-state index in [9.17, 15) is 9.18 Å². The maximum Gasteiger partial charge on any atom is 0.336 e. The zero-order chi connectivity index (χ0) is 14.4. The molecule has 0 radical (unpaired) electrons. The molecule has 0 saturated carbocycles. The molecule has 0 bridgehead atoms. The van der Waals surface area contributed by atoms with E-state index in [1.165, 1.54) is 0 Å². The van der Waals surface area contributed by atoms with E-state index in [0.717, 1.165) is 11.1 Å². The Balaban J connectivity index is 1.91. The first-order chi connectivity index (χ1) is 9.70. The van der Waals surface area contributed by atoms with Crippen LogP contribution in [0.15, 0.2) is 36.7 Å². The van der Waals surface area contributed by atoms with Gasteiger partial charge in [-0.1, -0.05) is 18.2 Å². The molecule has 2 aromatic rings. The summed E-state index contributed by atoms with van der Waals surface area (Å²) < 4.78 is 13.7. The van der Waals surface area contributed by atoms with E-state index < -0.39 is 12.6 Å². The second kappa shape index (κ2) is 6.81. The van der Waals surface area contributed by atoms with Gasteiger partial charge in [0.2, 0.25) is 0 Å². The number of hydrogen-bond acceptors (Lipinski definition) is 3. The fourth-order valence-corrected chi connectivity index (χ4v) is 1.93. The first-order valence-corrected chi connectivity index (χ1v) is 6.30. The molecule has 0 unspecified atom stereocenters. The van der Waals surface area contributed by atoms with Gasteiger partial charge in [0.05, 0.1) is 18.3 Å². The standard InChI is InChI=1S/C14H16FN3O2/c15-5-6-18-10-11(8-17-18)7-16-9-12-3-1-2-4-13(12)14(19)20/h1-4,8,10,16H,5-7,9H2,(H,19,20). The molecule has 0 fully saturated rings. The molecule has 2 N–H and O–H groups in total. The topological polar surface area (TPSA) is 67.2 Å². The number of hydrogen-bond donors (Lipinski definition) is 2. The lowest BCUT2D eigenvalue weighted by Crippen LogP contribution is -2.15. The van der Waals surface area contributed by atoms with Crippen molar-refractivity contribution in [2.24, 2.45) is 0 Å². The first-order valence-electron chi connectivity index (χ1n) is 6.30. The third kappa shape index (κ3) is 3.64. The third-order valence-electron chi connectivity index (χ3n) is 2.89. The lowest BCUT2D eigenvalue weighted by Gasteiger charge is -2.06. The van der Waals surface area contributed by atoms with Gasteiger partial charge in [0.1, 0.15) is 6.67 Å². The summed E-state index contributed by atoms with van der Waals surface area (Å²) in [4.78, 5) is 11.1. The number of nitrogens with one attached hydrogen (secondary N) is 1. The van der Waals surface area contributed by atoms with Crippen molar-refractivity contribution in [1.29, 1.82) is 0 Å². The Labute approximate surface area is 116 Å². The number of halogens is 1. The molecule has 20 heavy (non-hydrogen) atoms. The molecular formula is C14H16FN3O2. The van der Waals surface area contributed by atoms with Crippen molar-refractivity contribution < 1.29 is 14.3 Å². The molecule has 1 aromatic carbocycles. The summed E-state index contributed by atoms with van der Waals surface area (Å²) in [6.45, 7) is 0.819. The predicted molar refractivity (Wildman–Crippen MR) is 72.1 cm³/mol. The Hall–Kier alpha value is -2.21. The minimum Gasteiger partial charge on any atom is -0.478 e. The lowest BCUT2D eigenvalue weighted by atomic mass is 10.1. The summed E-state index contributed by atoms with van der Waals surface area (Å²) in [5, 5.41) is 16.2. The highest BCUT2D eigenvalue weighted by molar-refractivity contribution is 5.89. The van der Waals surface area contributed by atoms with E-state index in [1.54, 1.807) is 35.3 Å². The zero-order valence-corrected chi connectivity index (χ0v) is 10.9. The van der Waals surface area contributed by atoms with E-state index in [1.807, 2.05) is 6.07 Å². The van der Waals surface area contributed by atoms with Crippen LogP contribution in [0.1, 0.15) is 21.5 Å². The second-order valence-corrected chi connectivity index (χ2v) is 4.37. The molecule has 2 rings (SSSR count). The van der Waals surface area contributed by atoms with Gasteiger partial charge >= 0.3 is 5.97 Å². The van der Waals surface area contributed by atoms with Crippen molar-refractivity contribution in [3.8, 4) is 0 Å². The molecule has 106 valence electrons. The van der Waals surface area contributed by atoms with Gasteiger partial charge in [0.15, 0.2) is 0 Å². The molecule has 0 aliphatic carbocycles. The summed E-state index contributed by atoms with van der Waals surface area (Å²) in [5.74, 6) is -0.932. The molecule has 0 amide bonds. The molecule has 5 nitrogen and oxygen atoms in total. The van der Waals surface area contributed by atoms with Gasteiger partial charge in [-0.15, -0.1) is 0 Å². The van der Waals surface area contributed by atoms with Crippen LogP contribution >= 0.6 is 0 Å². The molecule has 0 saturated heterocycles. The Kier molecular flexibility index (Phi) is 4.84. The highest BCUT2D eigenvalue weighted by atomic mass is 19.1. The van der Waals surface area contributed by atoms with Crippen LogP contribution < -0.4 is 5.32 Å². The highest BCUT2D eigenvalue weighted by Gasteiger charge is 2.08. The summed E-state index contributed by atoms with van der Waals surface area (Å²) in [6, 6.07) is 6.87. The smallest absolute Gasteiger partial charge is 0.336 e. The van der Waals surface area contributed by atoms with Gasteiger partial charge < -0.3 is 10.4 Å². The van der Waals surface area contributed by atoms with Crippen LogP contribution in [0, 0.1) is 0 Å². The number of nitrogens with zero attached hydrogens (tertiary/aromatic N) is 2. The number of carboxylic acid groups (broad SMARTS) is 1.